The molecule has 2 fully saturated rings. The number of carbonyl (C=O) groups is 1. The number of rotatable bonds is 6. The van der Waals surface area contributed by atoms with E-state index in [1.54, 1.807) is 6.07 Å². The molecule has 5 rings (SSSR count). The third kappa shape index (κ3) is 4.50. The van der Waals surface area contributed by atoms with E-state index in [1.807, 2.05) is 27.7 Å². The molecule has 3 aromatic rings. The molecular formula is C25H27BF3N3O5S. The molecule has 1 saturated carbocycles. The Morgan fingerprint density at radius 3 is 2.47 bits per heavy atom. The van der Waals surface area contributed by atoms with Gasteiger partial charge in [-0.15, -0.1) is 0 Å². The van der Waals surface area contributed by atoms with Gasteiger partial charge in [0.2, 0.25) is 15.8 Å². The molecule has 0 radical (unpaired) electrons. The number of nitrogens with zero attached hydrogens (tertiary/aromatic N) is 1. The lowest BCUT2D eigenvalue weighted by atomic mass is 9.79. The molecule has 2 atom stereocenters. The topological polar surface area (TPSA) is 110 Å². The maximum Gasteiger partial charge on any atom is 0.496 e. The highest BCUT2D eigenvalue weighted by Crippen LogP contribution is 2.37. The summed E-state index contributed by atoms with van der Waals surface area (Å²) in [7, 11) is -4.93. The summed E-state index contributed by atoms with van der Waals surface area (Å²) in [5, 5.41) is -0.763. The normalized spacial score (nSPS) is 22.8. The smallest absolute Gasteiger partial charge is 0.399 e. The van der Waals surface area contributed by atoms with E-state index < -0.39 is 68.4 Å². The molecule has 202 valence electrons. The SMILES string of the molecule is CC1(C)OB(c2cnc3[nH]cc(C(=O)c4c(F)ccc(NS(=O)(=O)C5CC[C@@H](F)C5)c4F)c3c2)OC1(C)C. The van der Waals surface area contributed by atoms with Crippen LogP contribution in [0.3, 0.4) is 0 Å². The summed E-state index contributed by atoms with van der Waals surface area (Å²) >= 11 is 0. The largest absolute Gasteiger partial charge is 0.496 e. The monoisotopic (exact) mass is 549 g/mol. The Kier molecular flexibility index (Phi) is 6.39. The minimum absolute atomic E-state index is 0.0697. The minimum atomic E-state index is -4.15. The summed E-state index contributed by atoms with van der Waals surface area (Å²) in [6.07, 6.45) is 1.50. The maximum atomic E-state index is 15.4. The van der Waals surface area contributed by atoms with Gasteiger partial charge >= 0.3 is 7.12 Å². The van der Waals surface area contributed by atoms with Crippen LogP contribution in [0, 0.1) is 11.6 Å². The van der Waals surface area contributed by atoms with Crippen LogP contribution in [0.1, 0.15) is 62.9 Å². The van der Waals surface area contributed by atoms with Gasteiger partial charge in [-0.2, -0.15) is 0 Å². The van der Waals surface area contributed by atoms with Gasteiger partial charge in [0.15, 0.2) is 5.82 Å². The lowest BCUT2D eigenvalue weighted by Gasteiger charge is -2.32. The molecule has 1 saturated heterocycles. The number of sulfonamides is 1. The van der Waals surface area contributed by atoms with Crippen LogP contribution >= 0.6 is 0 Å². The van der Waals surface area contributed by atoms with Crippen molar-refractivity contribution in [2.45, 2.75) is 69.6 Å². The molecule has 13 heteroatoms. The number of anilines is 1. The van der Waals surface area contributed by atoms with E-state index in [1.165, 1.54) is 12.4 Å². The fourth-order valence-electron chi connectivity index (χ4n) is 4.70. The van der Waals surface area contributed by atoms with Crippen LogP contribution in [0.15, 0.2) is 30.6 Å². The van der Waals surface area contributed by atoms with Gasteiger partial charge in [0.25, 0.3) is 0 Å². The Balaban J connectivity index is 1.49. The quantitative estimate of drug-likeness (QED) is 0.355. The predicted molar refractivity (Wildman–Crippen MR) is 137 cm³/mol. The zero-order valence-corrected chi connectivity index (χ0v) is 22.1. The van der Waals surface area contributed by atoms with Crippen molar-refractivity contribution in [3.63, 3.8) is 0 Å². The van der Waals surface area contributed by atoms with Gasteiger partial charge in [0, 0.05) is 28.8 Å². The zero-order chi connectivity index (χ0) is 27.6. The summed E-state index contributed by atoms with van der Waals surface area (Å²) < 4.78 is 83.3. The van der Waals surface area contributed by atoms with Crippen molar-refractivity contribution in [1.82, 2.24) is 9.97 Å². The fraction of sp³-hybridized carbons (Fsp3) is 0.440. The summed E-state index contributed by atoms with van der Waals surface area (Å²) in [6, 6.07) is 3.31. The second-order valence-electron chi connectivity index (χ2n) is 10.7. The van der Waals surface area contributed by atoms with E-state index in [4.69, 9.17) is 9.31 Å². The van der Waals surface area contributed by atoms with E-state index in [0.29, 0.717) is 11.1 Å². The molecule has 0 spiro atoms. The van der Waals surface area contributed by atoms with Crippen molar-refractivity contribution < 1.29 is 35.7 Å². The summed E-state index contributed by atoms with van der Waals surface area (Å²) in [6.45, 7) is 7.55. The van der Waals surface area contributed by atoms with Gasteiger partial charge < -0.3 is 14.3 Å². The van der Waals surface area contributed by atoms with E-state index in [-0.39, 0.29) is 30.2 Å². The minimum Gasteiger partial charge on any atom is -0.399 e. The van der Waals surface area contributed by atoms with Crippen LogP contribution in [0.25, 0.3) is 11.0 Å². The predicted octanol–water partition coefficient (Wildman–Crippen LogP) is 4.00. The van der Waals surface area contributed by atoms with Gasteiger partial charge in [-0.25, -0.2) is 26.6 Å². The molecule has 0 bridgehead atoms. The number of aromatic nitrogens is 2. The van der Waals surface area contributed by atoms with E-state index in [2.05, 4.69) is 14.7 Å². The van der Waals surface area contributed by atoms with Crippen LogP contribution in [0.4, 0.5) is 18.9 Å². The first-order valence-corrected chi connectivity index (χ1v) is 13.8. The zero-order valence-electron chi connectivity index (χ0n) is 21.3. The summed E-state index contributed by atoms with van der Waals surface area (Å²) in [4.78, 5) is 20.5. The maximum absolute atomic E-state index is 15.4. The number of carbonyl (C=O) groups excluding carboxylic acids is 1. The average Bonchev–Trinajstić information content (AvgIpc) is 3.51. The molecule has 1 aliphatic heterocycles. The van der Waals surface area contributed by atoms with Gasteiger partial charge in [-0.3, -0.25) is 9.52 Å². The van der Waals surface area contributed by atoms with Gasteiger partial charge in [0.1, 0.15) is 17.6 Å². The van der Waals surface area contributed by atoms with Crippen molar-refractivity contribution in [3.8, 4) is 0 Å². The fourth-order valence-corrected chi connectivity index (χ4v) is 6.24. The first-order chi connectivity index (χ1) is 17.7. The van der Waals surface area contributed by atoms with Crippen LogP contribution in [-0.4, -0.2) is 53.9 Å². The number of benzene rings is 1. The molecule has 1 unspecified atom stereocenters. The Hall–Kier alpha value is -2.90. The lowest BCUT2D eigenvalue weighted by molar-refractivity contribution is 0.00578. The number of pyridine rings is 1. The van der Waals surface area contributed by atoms with Gasteiger partial charge in [-0.05, 0) is 65.2 Å². The summed E-state index contributed by atoms with van der Waals surface area (Å²) in [5.41, 5.74) is -2.02. The Morgan fingerprint density at radius 2 is 1.84 bits per heavy atom. The van der Waals surface area contributed by atoms with Crippen molar-refractivity contribution in [3.05, 3.63) is 53.4 Å². The second kappa shape index (κ2) is 9.10. The van der Waals surface area contributed by atoms with Crippen molar-refractivity contribution in [2.75, 3.05) is 4.72 Å². The highest BCUT2D eigenvalue weighted by molar-refractivity contribution is 7.93. The number of fused-ring (bicyclic) bond motifs is 1. The second-order valence-corrected chi connectivity index (χ2v) is 12.7. The van der Waals surface area contributed by atoms with Crippen LogP contribution < -0.4 is 10.2 Å². The number of aromatic amines is 1. The molecular weight excluding hydrogens is 522 g/mol. The molecule has 2 aliphatic rings. The van der Waals surface area contributed by atoms with E-state index in [9.17, 15) is 22.0 Å². The Labute approximate surface area is 218 Å². The molecule has 1 aromatic carbocycles. The number of hydrogen-bond acceptors (Lipinski definition) is 6. The molecule has 2 aromatic heterocycles. The van der Waals surface area contributed by atoms with Gasteiger partial charge in [-0.1, -0.05) is 0 Å². The lowest BCUT2D eigenvalue weighted by Crippen LogP contribution is -2.41. The number of halogens is 3. The molecule has 2 N–H and O–H groups in total. The molecule has 8 nitrogen and oxygen atoms in total. The third-order valence-electron chi connectivity index (χ3n) is 7.65. The number of hydrogen-bond donors (Lipinski definition) is 2. The summed E-state index contributed by atoms with van der Waals surface area (Å²) in [5.74, 6) is -3.53. The van der Waals surface area contributed by atoms with Crippen LogP contribution in [0.5, 0.6) is 0 Å². The molecule has 0 amide bonds. The number of nitrogens with one attached hydrogen (secondary N) is 2. The highest BCUT2D eigenvalue weighted by Gasteiger charge is 2.52. The van der Waals surface area contributed by atoms with Crippen LogP contribution in [0.2, 0.25) is 0 Å². The van der Waals surface area contributed by atoms with Crippen molar-refractivity contribution in [1.29, 1.82) is 0 Å². The van der Waals surface area contributed by atoms with Crippen molar-refractivity contribution >= 4 is 45.1 Å². The van der Waals surface area contributed by atoms with Gasteiger partial charge in [0.05, 0.1) is 27.7 Å². The molecule has 1 aliphatic carbocycles. The third-order valence-corrected chi connectivity index (χ3v) is 9.46. The first-order valence-electron chi connectivity index (χ1n) is 12.2. The number of ketones is 1. The molecule has 38 heavy (non-hydrogen) atoms. The van der Waals surface area contributed by atoms with E-state index in [0.717, 1.165) is 12.1 Å². The van der Waals surface area contributed by atoms with E-state index >= 15 is 4.39 Å². The van der Waals surface area contributed by atoms with Crippen LogP contribution in [-0.2, 0) is 19.3 Å². The average molecular weight is 549 g/mol. The Bertz CT molecular complexity index is 1530. The highest BCUT2D eigenvalue weighted by atomic mass is 32.2. The first kappa shape index (κ1) is 26.7. The number of H-pyrrole nitrogens is 1. The Morgan fingerprint density at radius 1 is 1.16 bits per heavy atom. The number of alkyl halides is 1. The standard InChI is InChI=1S/C25H27BF3N3O5S/c1-24(2)25(3,4)37-26(36-24)13-9-16-17(12-31-23(16)30-11-13)22(33)20-18(28)7-8-19(21(20)29)32-38(34,35)15-6-5-14(27)10-15/h7-9,11-12,14-15,32H,5-6,10H2,1-4H3,(H,30,31)/t14-,15?/m1/s1. The molecule has 3 heterocycles. The van der Waals surface area contributed by atoms with Crippen molar-refractivity contribution in [2.24, 2.45) is 0 Å².